The van der Waals surface area contributed by atoms with Gasteiger partial charge in [-0.1, -0.05) is 31.9 Å². The van der Waals surface area contributed by atoms with E-state index >= 15 is 0 Å². The first kappa shape index (κ1) is 19.4. The molecule has 0 aromatic heterocycles. The Kier molecular flexibility index (Phi) is 5.68. The fourth-order valence-electron chi connectivity index (χ4n) is 6.10. The summed E-state index contributed by atoms with van der Waals surface area (Å²) in [5, 5.41) is 21.2. The Morgan fingerprint density at radius 2 is 1.80 bits per heavy atom. The van der Waals surface area contributed by atoms with Crippen LogP contribution >= 0.6 is 0 Å². The van der Waals surface area contributed by atoms with Crippen LogP contribution < -0.4 is 0 Å². The predicted molar refractivity (Wildman–Crippen MR) is 103 cm³/mol. The molecule has 0 radical (unpaired) electrons. The Hall–Kier alpha value is -0.380. The third kappa shape index (κ3) is 3.57. The van der Waals surface area contributed by atoms with Gasteiger partial charge >= 0.3 is 0 Å². The zero-order valence-electron chi connectivity index (χ0n) is 16.9. The summed E-state index contributed by atoms with van der Waals surface area (Å²) in [6.07, 6.45) is 8.49. The van der Waals surface area contributed by atoms with Crippen molar-refractivity contribution in [1.82, 2.24) is 4.90 Å². The topological polar surface area (TPSA) is 43.7 Å². The van der Waals surface area contributed by atoms with Crippen molar-refractivity contribution in [3.8, 4) is 0 Å². The number of nitrogens with zero attached hydrogens (tertiary/aromatic N) is 1. The van der Waals surface area contributed by atoms with Crippen LogP contribution in [0.2, 0.25) is 0 Å². The number of rotatable bonds is 3. The van der Waals surface area contributed by atoms with E-state index in [0.29, 0.717) is 29.7 Å². The maximum absolute atomic E-state index is 10.8. The first-order valence-electron chi connectivity index (χ1n) is 10.6. The highest BCUT2D eigenvalue weighted by atomic mass is 16.3. The number of piperidine rings is 1. The van der Waals surface area contributed by atoms with Crippen molar-refractivity contribution in [2.24, 2.45) is 23.7 Å². The first-order chi connectivity index (χ1) is 11.8. The summed E-state index contributed by atoms with van der Waals surface area (Å²) in [6, 6.07) is 0.418. The van der Waals surface area contributed by atoms with Gasteiger partial charge in [0.1, 0.15) is 0 Å². The molecule has 0 bridgehead atoms. The highest BCUT2D eigenvalue weighted by molar-refractivity contribution is 5.23. The number of hydrogen-bond acceptors (Lipinski definition) is 3. The van der Waals surface area contributed by atoms with E-state index < -0.39 is 0 Å². The molecule has 3 heteroatoms. The lowest BCUT2D eigenvalue weighted by atomic mass is 9.68. The van der Waals surface area contributed by atoms with Crippen molar-refractivity contribution < 1.29 is 10.2 Å². The molecule has 0 unspecified atom stereocenters. The number of hydrogen-bond donors (Lipinski definition) is 2. The summed E-state index contributed by atoms with van der Waals surface area (Å²) in [4.78, 5) is 2.66. The molecule has 1 saturated heterocycles. The summed E-state index contributed by atoms with van der Waals surface area (Å²) in [6.45, 7) is 12.6. The molecule has 25 heavy (non-hydrogen) atoms. The minimum Gasteiger partial charge on any atom is -0.393 e. The average molecular weight is 350 g/mol. The largest absolute Gasteiger partial charge is 0.393 e. The molecule has 2 fully saturated rings. The van der Waals surface area contributed by atoms with Crippen LogP contribution in [0.25, 0.3) is 0 Å². The lowest BCUT2D eigenvalue weighted by Crippen LogP contribution is -2.60. The number of likely N-dealkylation sites (tertiary alicyclic amines) is 1. The van der Waals surface area contributed by atoms with Gasteiger partial charge in [-0.15, -0.1) is 0 Å². The fraction of sp³-hybridized carbons (Fsp3) is 0.909. The normalized spacial score (nSPS) is 43.5. The maximum Gasteiger partial charge on any atom is 0.0608 e. The van der Waals surface area contributed by atoms with Crippen LogP contribution in [0.4, 0.5) is 0 Å². The SMILES string of the molecule is CC[C@H]1C=C2[C@@H](CCN(C(C)(C)[C@@H]3CC[C@@H](C)C[C@H]3O)[C@H]2C)C[C@H]1O. The molecule has 0 spiro atoms. The Labute approximate surface area is 154 Å². The van der Waals surface area contributed by atoms with Crippen molar-refractivity contribution in [3.63, 3.8) is 0 Å². The van der Waals surface area contributed by atoms with E-state index in [9.17, 15) is 10.2 Å². The second-order valence-corrected chi connectivity index (χ2v) is 9.64. The Balaban J connectivity index is 1.81. The lowest BCUT2D eigenvalue weighted by molar-refractivity contribution is -0.0643. The third-order valence-corrected chi connectivity index (χ3v) is 7.76. The molecular formula is C22H39NO2. The van der Waals surface area contributed by atoms with Gasteiger partial charge in [-0.05, 0) is 71.3 Å². The molecule has 1 heterocycles. The maximum atomic E-state index is 10.8. The van der Waals surface area contributed by atoms with E-state index in [4.69, 9.17) is 0 Å². The predicted octanol–water partition coefficient (Wildman–Crippen LogP) is 3.99. The molecule has 3 rings (SSSR count). The number of aliphatic hydroxyl groups excluding tert-OH is 2. The van der Waals surface area contributed by atoms with Gasteiger partial charge in [0.2, 0.25) is 0 Å². The molecule has 3 nitrogen and oxygen atoms in total. The average Bonchev–Trinajstić information content (AvgIpc) is 2.54. The second kappa shape index (κ2) is 7.32. The molecule has 0 amide bonds. The smallest absolute Gasteiger partial charge is 0.0608 e. The molecular weight excluding hydrogens is 310 g/mol. The van der Waals surface area contributed by atoms with Crippen LogP contribution in [-0.4, -0.2) is 45.4 Å². The second-order valence-electron chi connectivity index (χ2n) is 9.64. The summed E-state index contributed by atoms with van der Waals surface area (Å²) in [5.41, 5.74) is 1.57. The zero-order valence-corrected chi connectivity index (χ0v) is 16.9. The van der Waals surface area contributed by atoms with Gasteiger partial charge in [0.05, 0.1) is 12.2 Å². The van der Waals surface area contributed by atoms with Gasteiger partial charge in [-0.25, -0.2) is 0 Å². The molecule has 1 aliphatic heterocycles. The third-order valence-electron chi connectivity index (χ3n) is 7.76. The van der Waals surface area contributed by atoms with Crippen molar-refractivity contribution in [2.75, 3.05) is 6.54 Å². The lowest BCUT2D eigenvalue weighted by Gasteiger charge is -2.55. The van der Waals surface area contributed by atoms with Crippen LogP contribution in [0.3, 0.4) is 0 Å². The van der Waals surface area contributed by atoms with Crippen molar-refractivity contribution in [3.05, 3.63) is 11.6 Å². The van der Waals surface area contributed by atoms with Gasteiger partial charge in [0.15, 0.2) is 0 Å². The summed E-state index contributed by atoms with van der Waals surface area (Å²) < 4.78 is 0. The van der Waals surface area contributed by atoms with E-state index in [-0.39, 0.29) is 17.7 Å². The van der Waals surface area contributed by atoms with Crippen LogP contribution in [0.1, 0.15) is 73.1 Å². The van der Waals surface area contributed by atoms with Crippen LogP contribution in [-0.2, 0) is 0 Å². The van der Waals surface area contributed by atoms with E-state index in [0.717, 1.165) is 38.6 Å². The van der Waals surface area contributed by atoms with Crippen molar-refractivity contribution in [2.45, 2.75) is 96.9 Å². The molecule has 0 aromatic rings. The van der Waals surface area contributed by atoms with E-state index in [1.807, 2.05) is 0 Å². The minimum absolute atomic E-state index is 0.0164. The molecule has 1 saturated carbocycles. The monoisotopic (exact) mass is 349 g/mol. The standard InChI is InChI=1S/C22H39NO2/c1-6-16-12-18-15(3)23(10-9-17(18)13-20(16)24)22(4,5)19-8-7-14(2)11-21(19)25/h12,14-17,19-21,24-25H,6-11,13H2,1-5H3/t14-,15+,16+,17+,19-,20-,21-/m1/s1. The van der Waals surface area contributed by atoms with Crippen molar-refractivity contribution in [1.29, 1.82) is 0 Å². The van der Waals surface area contributed by atoms with Gasteiger partial charge < -0.3 is 10.2 Å². The molecule has 144 valence electrons. The Bertz CT molecular complexity index is 500. The van der Waals surface area contributed by atoms with Gasteiger partial charge in [0, 0.05) is 23.4 Å². The molecule has 2 aliphatic carbocycles. The Morgan fingerprint density at radius 1 is 1.08 bits per heavy atom. The number of fused-ring (bicyclic) bond motifs is 1. The van der Waals surface area contributed by atoms with E-state index in [1.54, 1.807) is 5.57 Å². The van der Waals surface area contributed by atoms with Gasteiger partial charge in [-0.2, -0.15) is 0 Å². The van der Waals surface area contributed by atoms with Gasteiger partial charge in [0.25, 0.3) is 0 Å². The van der Waals surface area contributed by atoms with E-state index in [2.05, 4.69) is 45.6 Å². The number of aliphatic hydroxyl groups is 2. The van der Waals surface area contributed by atoms with Crippen LogP contribution in [0.5, 0.6) is 0 Å². The van der Waals surface area contributed by atoms with Crippen molar-refractivity contribution >= 4 is 0 Å². The molecule has 7 atom stereocenters. The molecule has 2 N–H and O–H groups in total. The minimum atomic E-state index is -0.172. The highest BCUT2D eigenvalue weighted by Gasteiger charge is 2.47. The Morgan fingerprint density at radius 3 is 2.44 bits per heavy atom. The summed E-state index contributed by atoms with van der Waals surface area (Å²) in [7, 11) is 0. The van der Waals surface area contributed by atoms with Crippen LogP contribution in [0.15, 0.2) is 11.6 Å². The summed E-state index contributed by atoms with van der Waals surface area (Å²) in [5.74, 6) is 1.88. The van der Waals surface area contributed by atoms with Gasteiger partial charge in [-0.3, -0.25) is 4.90 Å². The quantitative estimate of drug-likeness (QED) is 0.757. The van der Waals surface area contributed by atoms with Crippen LogP contribution in [0, 0.1) is 23.7 Å². The van der Waals surface area contributed by atoms with E-state index in [1.165, 1.54) is 6.42 Å². The molecule has 3 aliphatic rings. The highest BCUT2D eigenvalue weighted by Crippen LogP contribution is 2.45. The molecule has 0 aromatic carbocycles. The summed E-state index contributed by atoms with van der Waals surface area (Å²) >= 11 is 0. The fourth-order valence-corrected chi connectivity index (χ4v) is 6.10. The zero-order chi connectivity index (χ0) is 18.4. The first-order valence-corrected chi connectivity index (χ1v) is 10.6.